The lowest BCUT2D eigenvalue weighted by Gasteiger charge is -2.15. The zero-order chi connectivity index (χ0) is 11.0. The third-order valence-electron chi connectivity index (χ3n) is 2.95. The molecule has 1 aromatic rings. The molecule has 5 heteroatoms. The number of aliphatic hydroxyl groups is 1. The van der Waals surface area contributed by atoms with Crippen LogP contribution in [0.3, 0.4) is 0 Å². The average Bonchev–Trinajstić information content (AvgIpc) is 2.62. The molecule has 0 spiro atoms. The maximum atomic E-state index is 11.9. The largest absolute Gasteiger partial charge is 0.391 e. The second kappa shape index (κ2) is 3.75. The second-order valence-electron chi connectivity index (χ2n) is 3.91. The highest BCUT2D eigenvalue weighted by molar-refractivity contribution is 5.15. The molecule has 2 atom stereocenters. The lowest BCUT2D eigenvalue weighted by molar-refractivity contribution is 0.159. The molecule has 2 N–H and O–H groups in total. The van der Waals surface area contributed by atoms with Crippen molar-refractivity contribution in [3.63, 3.8) is 0 Å². The standard InChI is InChI=1S/C10H15N3O2/c1-6-12-5-7(10(15)13(6)2)9-8(14)3-4-11-9/h5,8-9,11,14H,3-4H2,1-2H3. The van der Waals surface area contributed by atoms with Crippen LogP contribution in [0.15, 0.2) is 11.0 Å². The Morgan fingerprint density at radius 2 is 2.40 bits per heavy atom. The Labute approximate surface area is 87.8 Å². The van der Waals surface area contributed by atoms with Gasteiger partial charge in [-0.1, -0.05) is 0 Å². The minimum absolute atomic E-state index is 0.0825. The number of hydrogen-bond acceptors (Lipinski definition) is 4. The van der Waals surface area contributed by atoms with Gasteiger partial charge in [0.05, 0.1) is 17.7 Å². The lowest BCUT2D eigenvalue weighted by Crippen LogP contribution is -2.32. The molecular formula is C10H15N3O2. The van der Waals surface area contributed by atoms with Crippen LogP contribution in [-0.4, -0.2) is 27.3 Å². The molecule has 1 aliphatic rings. The molecule has 2 rings (SSSR count). The number of rotatable bonds is 1. The summed E-state index contributed by atoms with van der Waals surface area (Å²) in [4.78, 5) is 16.0. The van der Waals surface area contributed by atoms with Gasteiger partial charge in [-0.15, -0.1) is 0 Å². The van der Waals surface area contributed by atoms with E-state index in [1.807, 2.05) is 0 Å². The summed E-state index contributed by atoms with van der Waals surface area (Å²) < 4.78 is 1.50. The summed E-state index contributed by atoms with van der Waals surface area (Å²) in [5.41, 5.74) is 0.467. The van der Waals surface area contributed by atoms with Crippen molar-refractivity contribution in [2.24, 2.45) is 7.05 Å². The zero-order valence-electron chi connectivity index (χ0n) is 8.90. The van der Waals surface area contributed by atoms with Gasteiger partial charge < -0.3 is 10.4 Å². The molecule has 82 valence electrons. The van der Waals surface area contributed by atoms with Gasteiger partial charge in [-0.05, 0) is 19.9 Å². The molecule has 0 aliphatic carbocycles. The third kappa shape index (κ3) is 1.68. The van der Waals surface area contributed by atoms with Gasteiger partial charge in [0, 0.05) is 13.2 Å². The van der Waals surface area contributed by atoms with Gasteiger partial charge >= 0.3 is 0 Å². The molecule has 1 fully saturated rings. The number of aliphatic hydroxyl groups excluding tert-OH is 1. The van der Waals surface area contributed by atoms with E-state index in [1.54, 1.807) is 20.2 Å². The lowest BCUT2D eigenvalue weighted by atomic mass is 10.1. The first-order valence-electron chi connectivity index (χ1n) is 5.05. The fraction of sp³-hybridized carbons (Fsp3) is 0.600. The zero-order valence-corrected chi connectivity index (χ0v) is 8.90. The average molecular weight is 209 g/mol. The van der Waals surface area contributed by atoms with Crippen LogP contribution in [-0.2, 0) is 7.05 Å². The first kappa shape index (κ1) is 10.3. The van der Waals surface area contributed by atoms with E-state index in [0.29, 0.717) is 17.8 Å². The SMILES string of the molecule is Cc1ncc(C2NCCC2O)c(=O)n1C. The van der Waals surface area contributed by atoms with Gasteiger partial charge in [0.2, 0.25) is 0 Å². The summed E-state index contributed by atoms with van der Waals surface area (Å²) in [7, 11) is 1.69. The van der Waals surface area contributed by atoms with Crippen LogP contribution in [0.5, 0.6) is 0 Å². The van der Waals surface area contributed by atoms with Crippen molar-refractivity contribution in [3.8, 4) is 0 Å². The number of hydrogen-bond donors (Lipinski definition) is 2. The molecule has 5 nitrogen and oxygen atoms in total. The fourth-order valence-corrected chi connectivity index (χ4v) is 1.87. The summed E-state index contributed by atoms with van der Waals surface area (Å²) >= 11 is 0. The Morgan fingerprint density at radius 1 is 1.67 bits per heavy atom. The van der Waals surface area contributed by atoms with Crippen molar-refractivity contribution in [1.29, 1.82) is 0 Å². The molecule has 1 aromatic heterocycles. The molecule has 2 heterocycles. The molecule has 0 radical (unpaired) electrons. The van der Waals surface area contributed by atoms with Crippen molar-refractivity contribution in [2.45, 2.75) is 25.5 Å². The van der Waals surface area contributed by atoms with Gasteiger partial charge in [-0.25, -0.2) is 4.98 Å². The molecule has 2 unspecified atom stereocenters. The Bertz CT molecular complexity index is 427. The van der Waals surface area contributed by atoms with Crippen LogP contribution in [0.4, 0.5) is 0 Å². The molecule has 0 aromatic carbocycles. The van der Waals surface area contributed by atoms with Crippen molar-refractivity contribution in [2.75, 3.05) is 6.54 Å². The van der Waals surface area contributed by atoms with Gasteiger partial charge in [0.25, 0.3) is 5.56 Å². The fourth-order valence-electron chi connectivity index (χ4n) is 1.87. The van der Waals surface area contributed by atoms with E-state index in [9.17, 15) is 9.90 Å². The molecule has 1 saturated heterocycles. The van der Waals surface area contributed by atoms with Crippen molar-refractivity contribution < 1.29 is 5.11 Å². The van der Waals surface area contributed by atoms with E-state index >= 15 is 0 Å². The van der Waals surface area contributed by atoms with Crippen LogP contribution in [0.25, 0.3) is 0 Å². The number of nitrogens with zero attached hydrogens (tertiary/aromatic N) is 2. The van der Waals surface area contributed by atoms with Crippen molar-refractivity contribution >= 4 is 0 Å². The highest BCUT2D eigenvalue weighted by Gasteiger charge is 2.28. The number of aromatic nitrogens is 2. The maximum Gasteiger partial charge on any atom is 0.258 e. The van der Waals surface area contributed by atoms with E-state index in [-0.39, 0.29) is 11.6 Å². The highest BCUT2D eigenvalue weighted by atomic mass is 16.3. The van der Waals surface area contributed by atoms with Gasteiger partial charge in [-0.2, -0.15) is 0 Å². The predicted molar refractivity (Wildman–Crippen MR) is 55.6 cm³/mol. The minimum atomic E-state index is -0.484. The van der Waals surface area contributed by atoms with Crippen LogP contribution in [0.1, 0.15) is 23.9 Å². The Kier molecular flexibility index (Phi) is 2.58. The number of nitrogens with one attached hydrogen (secondary N) is 1. The van der Waals surface area contributed by atoms with Crippen LogP contribution in [0, 0.1) is 6.92 Å². The van der Waals surface area contributed by atoms with E-state index in [4.69, 9.17) is 0 Å². The monoisotopic (exact) mass is 209 g/mol. The first-order valence-corrected chi connectivity index (χ1v) is 5.05. The van der Waals surface area contributed by atoms with E-state index < -0.39 is 6.10 Å². The smallest absolute Gasteiger partial charge is 0.258 e. The second-order valence-corrected chi connectivity index (χ2v) is 3.91. The van der Waals surface area contributed by atoms with Crippen LogP contribution in [0.2, 0.25) is 0 Å². The minimum Gasteiger partial charge on any atom is -0.391 e. The Morgan fingerprint density at radius 3 is 3.00 bits per heavy atom. The summed E-state index contributed by atoms with van der Waals surface area (Å²) in [6.45, 7) is 2.52. The van der Waals surface area contributed by atoms with E-state index in [0.717, 1.165) is 6.54 Å². The van der Waals surface area contributed by atoms with Crippen molar-refractivity contribution in [3.05, 3.63) is 27.9 Å². The predicted octanol–water partition coefficient (Wildman–Crippen LogP) is -0.516. The van der Waals surface area contributed by atoms with E-state index in [1.165, 1.54) is 4.57 Å². The van der Waals surface area contributed by atoms with Gasteiger partial charge in [0.15, 0.2) is 0 Å². The van der Waals surface area contributed by atoms with Crippen molar-refractivity contribution in [1.82, 2.24) is 14.9 Å². The first-order chi connectivity index (χ1) is 7.11. The highest BCUT2D eigenvalue weighted by Crippen LogP contribution is 2.20. The Balaban J connectivity index is 2.45. The van der Waals surface area contributed by atoms with Gasteiger partial charge in [-0.3, -0.25) is 9.36 Å². The quantitative estimate of drug-likeness (QED) is 0.653. The van der Waals surface area contributed by atoms with Gasteiger partial charge in [0.1, 0.15) is 5.82 Å². The normalized spacial score (nSPS) is 25.8. The third-order valence-corrected chi connectivity index (χ3v) is 2.95. The molecule has 1 aliphatic heterocycles. The molecular weight excluding hydrogens is 194 g/mol. The summed E-state index contributed by atoms with van der Waals surface area (Å²) in [5, 5.41) is 12.8. The van der Waals surface area contributed by atoms with Crippen LogP contribution >= 0.6 is 0 Å². The summed E-state index contributed by atoms with van der Waals surface area (Å²) in [6.07, 6.45) is 1.76. The van der Waals surface area contributed by atoms with Crippen LogP contribution < -0.4 is 10.9 Å². The topological polar surface area (TPSA) is 67.2 Å². The molecule has 0 bridgehead atoms. The molecule has 15 heavy (non-hydrogen) atoms. The van der Waals surface area contributed by atoms with E-state index in [2.05, 4.69) is 10.3 Å². The Hall–Kier alpha value is -1.20. The molecule has 0 saturated carbocycles. The number of aryl methyl sites for hydroxylation is 1. The summed E-state index contributed by atoms with van der Waals surface area (Å²) in [6, 6.07) is -0.267. The maximum absolute atomic E-state index is 11.9. The molecule has 0 amide bonds. The summed E-state index contributed by atoms with van der Waals surface area (Å²) in [5.74, 6) is 0.677.